The SMILES string of the molecule is COn1c(CC(=NOS(=O)(=O)[O-])SC2OC(CO)C(O)C(O)C2O)cc2ccccc21.[K+]. The fourth-order valence-electron chi connectivity index (χ4n) is 3.16. The van der Waals surface area contributed by atoms with Crippen LogP contribution in [0.3, 0.4) is 0 Å². The Morgan fingerprint density at radius 1 is 1.25 bits per heavy atom. The van der Waals surface area contributed by atoms with E-state index in [4.69, 9.17) is 9.57 Å². The second kappa shape index (κ2) is 11.9. The number of nitrogens with zero attached hydrogens (tertiary/aromatic N) is 2. The molecule has 1 aromatic carbocycles. The number of aromatic nitrogens is 1. The molecule has 1 aliphatic heterocycles. The quantitative estimate of drug-likeness (QED) is 0.0696. The smallest absolute Gasteiger partial charge is 0.714 e. The second-order valence-electron chi connectivity index (χ2n) is 6.63. The molecule has 0 saturated carbocycles. The van der Waals surface area contributed by atoms with Crippen molar-refractivity contribution in [2.24, 2.45) is 5.16 Å². The Morgan fingerprint density at radius 2 is 1.94 bits per heavy atom. The van der Waals surface area contributed by atoms with Gasteiger partial charge in [-0.25, -0.2) is 0 Å². The van der Waals surface area contributed by atoms with Crippen LogP contribution in [0.25, 0.3) is 10.9 Å². The maximum Gasteiger partial charge on any atom is 1.00 e. The zero-order valence-corrected chi connectivity index (χ0v) is 21.9. The van der Waals surface area contributed by atoms with E-state index in [0.29, 0.717) is 17.5 Å². The maximum atomic E-state index is 10.9. The van der Waals surface area contributed by atoms with Crippen molar-refractivity contribution in [1.82, 2.24) is 4.73 Å². The zero-order valence-electron chi connectivity index (χ0n) is 17.1. The van der Waals surface area contributed by atoms with Gasteiger partial charge in [0, 0.05) is 11.8 Å². The minimum Gasteiger partial charge on any atom is -0.714 e. The number of fused-ring (bicyclic) bond motifs is 1. The van der Waals surface area contributed by atoms with Crippen LogP contribution in [0.1, 0.15) is 5.69 Å². The predicted octanol–water partition coefficient (Wildman–Crippen LogP) is -4.43. The Hall–Kier alpha value is -0.274. The summed E-state index contributed by atoms with van der Waals surface area (Å²) in [5.74, 6) is 0. The molecule has 1 aliphatic rings. The normalized spacial score (nSPS) is 26.6. The molecule has 2 heterocycles. The second-order valence-corrected chi connectivity index (χ2v) is 8.77. The van der Waals surface area contributed by atoms with E-state index in [1.165, 1.54) is 11.8 Å². The number of aliphatic hydroxyl groups excluding tert-OH is 4. The molecule has 0 aliphatic carbocycles. The van der Waals surface area contributed by atoms with Crippen molar-refractivity contribution in [3.05, 3.63) is 36.0 Å². The van der Waals surface area contributed by atoms with Gasteiger partial charge in [0.05, 0.1) is 17.8 Å². The van der Waals surface area contributed by atoms with E-state index in [9.17, 15) is 33.4 Å². The van der Waals surface area contributed by atoms with Crippen molar-refractivity contribution in [3.63, 3.8) is 0 Å². The van der Waals surface area contributed by atoms with Crippen LogP contribution >= 0.6 is 11.8 Å². The summed E-state index contributed by atoms with van der Waals surface area (Å²) in [6.07, 6.45) is -6.08. The van der Waals surface area contributed by atoms with Gasteiger partial charge in [-0.1, -0.05) is 35.1 Å². The van der Waals surface area contributed by atoms with E-state index >= 15 is 0 Å². The van der Waals surface area contributed by atoms with Gasteiger partial charge in [-0.05, 0) is 12.1 Å². The standard InChI is InChI=1S/C17H22N2O10S2.K/c1-27-19-10(6-9-4-2-3-5-11(9)19)7-13(18-29-31(24,25)26)30-17-16(23)15(22)14(21)12(8-20)28-17;/h2-6,12,14-17,20-23H,7-8H2,1H3,(H,24,25,26);/q;+1/p-1. The minimum atomic E-state index is -5.16. The Bertz CT molecular complexity index is 1050. The van der Waals surface area contributed by atoms with Gasteiger partial charge < -0.3 is 34.6 Å². The van der Waals surface area contributed by atoms with E-state index in [1.807, 2.05) is 12.1 Å². The van der Waals surface area contributed by atoms with Crippen LogP contribution in [0.2, 0.25) is 0 Å². The largest absolute Gasteiger partial charge is 1.00 e. The van der Waals surface area contributed by atoms with Crippen molar-refractivity contribution in [2.45, 2.75) is 36.3 Å². The molecule has 1 aromatic heterocycles. The summed E-state index contributed by atoms with van der Waals surface area (Å²) in [5, 5.41) is 43.5. The Morgan fingerprint density at radius 3 is 2.56 bits per heavy atom. The van der Waals surface area contributed by atoms with Crippen molar-refractivity contribution in [2.75, 3.05) is 13.7 Å². The Kier molecular flexibility index (Phi) is 10.4. The van der Waals surface area contributed by atoms with E-state index in [-0.39, 0.29) is 62.8 Å². The first-order valence-electron chi connectivity index (χ1n) is 8.97. The first-order valence-corrected chi connectivity index (χ1v) is 11.2. The summed E-state index contributed by atoms with van der Waals surface area (Å²) >= 11 is 0.662. The Balaban J connectivity index is 0.00000363. The summed E-state index contributed by atoms with van der Waals surface area (Å²) in [7, 11) is -3.74. The van der Waals surface area contributed by atoms with Crippen molar-refractivity contribution in [3.8, 4) is 0 Å². The summed E-state index contributed by atoms with van der Waals surface area (Å²) in [6, 6.07) is 8.98. The maximum absolute atomic E-state index is 10.9. The summed E-state index contributed by atoms with van der Waals surface area (Å²) in [5.41, 5.74) is -0.0337. The first-order chi connectivity index (χ1) is 14.6. The molecule has 12 nitrogen and oxygen atoms in total. The molecular formula is C17H21KN2O10S2. The van der Waals surface area contributed by atoms with E-state index in [0.717, 1.165) is 10.9 Å². The fourth-order valence-corrected chi connectivity index (χ4v) is 4.47. The molecular weight excluding hydrogens is 495 g/mol. The third-order valence-electron chi connectivity index (χ3n) is 4.58. The monoisotopic (exact) mass is 516 g/mol. The topological polar surface area (TPSA) is 183 Å². The number of thioether (sulfide) groups is 1. The molecule has 172 valence electrons. The van der Waals surface area contributed by atoms with Gasteiger partial charge in [0.15, 0.2) is 0 Å². The average molecular weight is 517 g/mol. The van der Waals surface area contributed by atoms with Crippen molar-refractivity contribution in [1.29, 1.82) is 0 Å². The van der Waals surface area contributed by atoms with Crippen LogP contribution < -0.4 is 56.2 Å². The number of para-hydroxylation sites is 1. The van der Waals surface area contributed by atoms with E-state index < -0.39 is 46.9 Å². The molecule has 32 heavy (non-hydrogen) atoms. The van der Waals surface area contributed by atoms with Gasteiger partial charge in [-0.3, -0.25) is 4.28 Å². The zero-order chi connectivity index (χ0) is 22.8. The number of aliphatic hydroxyl groups is 4. The van der Waals surface area contributed by atoms with Crippen LogP contribution in [-0.2, 0) is 25.8 Å². The number of rotatable bonds is 7. The third kappa shape index (κ3) is 6.65. The molecule has 4 N–H and O–H groups in total. The van der Waals surface area contributed by atoms with Crippen LogP contribution in [0.4, 0.5) is 0 Å². The average Bonchev–Trinajstić information content (AvgIpc) is 3.08. The summed E-state index contributed by atoms with van der Waals surface area (Å²) in [6.45, 7) is -0.641. The minimum absolute atomic E-state index is 0. The van der Waals surface area contributed by atoms with Crippen molar-refractivity contribution >= 4 is 38.1 Å². The van der Waals surface area contributed by atoms with Crippen LogP contribution in [0, 0.1) is 0 Å². The molecule has 1 fully saturated rings. The Labute approximate surface area is 230 Å². The molecule has 2 aromatic rings. The summed E-state index contributed by atoms with van der Waals surface area (Å²) < 4.78 is 43.6. The van der Waals surface area contributed by atoms with Crippen molar-refractivity contribution < 1.29 is 98.6 Å². The van der Waals surface area contributed by atoms with E-state index in [1.54, 1.807) is 18.2 Å². The van der Waals surface area contributed by atoms with Gasteiger partial charge in [-0.2, -0.15) is 13.1 Å². The molecule has 0 amide bonds. The number of hydrogen-bond donors (Lipinski definition) is 4. The van der Waals surface area contributed by atoms with E-state index in [2.05, 4.69) is 9.44 Å². The third-order valence-corrected chi connectivity index (χ3v) is 5.95. The van der Waals surface area contributed by atoms with Gasteiger partial charge in [-0.15, -0.1) is 0 Å². The molecule has 0 bridgehead atoms. The fraction of sp³-hybridized carbons (Fsp3) is 0.471. The predicted molar refractivity (Wildman–Crippen MR) is 108 cm³/mol. The molecule has 15 heteroatoms. The van der Waals surface area contributed by atoms with Gasteiger partial charge >= 0.3 is 51.4 Å². The van der Waals surface area contributed by atoms with Gasteiger partial charge in [0.25, 0.3) is 10.4 Å². The molecule has 5 unspecified atom stereocenters. The molecule has 1 saturated heterocycles. The number of benzene rings is 1. The van der Waals surface area contributed by atoms with Crippen LogP contribution in [0.5, 0.6) is 0 Å². The molecule has 0 spiro atoms. The van der Waals surface area contributed by atoms with Crippen LogP contribution in [0.15, 0.2) is 35.5 Å². The number of oxime groups is 1. The van der Waals surface area contributed by atoms with Crippen LogP contribution in [-0.4, -0.2) is 86.7 Å². The molecule has 5 atom stereocenters. The molecule has 0 radical (unpaired) electrons. The first kappa shape index (κ1) is 28.0. The number of hydrogen-bond acceptors (Lipinski definition) is 12. The van der Waals surface area contributed by atoms with Gasteiger partial charge in [0.2, 0.25) is 0 Å². The summed E-state index contributed by atoms with van der Waals surface area (Å²) in [4.78, 5) is 5.37. The van der Waals surface area contributed by atoms with Gasteiger partial charge in [0.1, 0.15) is 42.0 Å². The molecule has 3 rings (SSSR count). The number of ether oxygens (including phenoxy) is 1.